The first-order chi connectivity index (χ1) is 4.52. The number of hydrogen-bond acceptors (Lipinski definition) is 3. The summed E-state index contributed by atoms with van der Waals surface area (Å²) in [5, 5.41) is 0. The summed E-state index contributed by atoms with van der Waals surface area (Å²) in [6, 6.07) is 0. The zero-order valence-electron chi connectivity index (χ0n) is 5.55. The van der Waals surface area contributed by atoms with Crippen molar-refractivity contribution in [3.8, 4) is 0 Å². The number of ketones is 1. The van der Waals surface area contributed by atoms with Crippen molar-refractivity contribution >= 4 is 15.5 Å². The van der Waals surface area contributed by atoms with Crippen LogP contribution in [-0.4, -0.2) is 21.5 Å². The predicted octanol–water partition coefficient (Wildman–Crippen LogP) is 0.396. The van der Waals surface area contributed by atoms with Crippen LogP contribution in [0.3, 0.4) is 0 Å². The molecule has 0 aromatic carbocycles. The van der Waals surface area contributed by atoms with Crippen LogP contribution in [0.15, 0.2) is 0 Å². The number of carbonyl (C=O) groups excluding carboxylic acids is 1. The summed E-state index contributed by atoms with van der Waals surface area (Å²) in [7, 11) is -2.23. The molecule has 0 radical (unpaired) electrons. The van der Waals surface area contributed by atoms with Gasteiger partial charge in [-0.2, -0.15) is 0 Å². The van der Waals surface area contributed by atoms with Crippen LogP contribution in [0.4, 0.5) is 0 Å². The molecular weight excluding hydrogens is 150 g/mol. The lowest BCUT2D eigenvalue weighted by molar-refractivity contribution is -0.130. The number of hydrogen-bond donors (Lipinski definition) is 1. The Morgan fingerprint density at radius 1 is 1.40 bits per heavy atom. The van der Waals surface area contributed by atoms with Gasteiger partial charge in [-0.3, -0.25) is 9.57 Å². The summed E-state index contributed by atoms with van der Waals surface area (Å²) in [5.74, 6) is 1.23. The van der Waals surface area contributed by atoms with E-state index in [-0.39, 0.29) is 11.2 Å². The number of rotatable bonds is 0. The number of nitrogens with one attached hydrogen (secondary N) is 1. The highest BCUT2D eigenvalue weighted by atomic mass is 32.2. The predicted molar refractivity (Wildman–Crippen MR) is 37.3 cm³/mol. The molecule has 56 valence electrons. The number of carbonyl (C=O) groups is 1. The molecule has 2 rings (SSSR count). The Hall–Kier alpha value is -0.380. The second-order valence-corrected chi connectivity index (χ2v) is 5.69. The molecular formula is C6H9NO2S. The fourth-order valence-electron chi connectivity index (χ4n) is 1.94. The minimum absolute atomic E-state index is 0.0376. The zero-order chi connectivity index (χ0) is 7.41. The van der Waals surface area contributed by atoms with Crippen LogP contribution in [0.5, 0.6) is 0 Å². The Bertz CT molecular complexity index is 269. The SMILES string of the molecule is N=S1(=O)CC2(CC(=O)C2)C1. The summed E-state index contributed by atoms with van der Waals surface area (Å²) < 4.78 is 18.1. The van der Waals surface area contributed by atoms with E-state index >= 15 is 0 Å². The van der Waals surface area contributed by atoms with Crippen LogP contribution in [0.1, 0.15) is 12.8 Å². The van der Waals surface area contributed by atoms with Gasteiger partial charge in [0.05, 0.1) is 0 Å². The Labute approximate surface area is 59.8 Å². The van der Waals surface area contributed by atoms with Gasteiger partial charge in [0.2, 0.25) is 0 Å². The lowest BCUT2D eigenvalue weighted by atomic mass is 9.70. The third-order valence-electron chi connectivity index (χ3n) is 2.22. The molecule has 0 aromatic rings. The van der Waals surface area contributed by atoms with Gasteiger partial charge >= 0.3 is 0 Å². The molecule has 2 fully saturated rings. The smallest absolute Gasteiger partial charge is 0.134 e. The van der Waals surface area contributed by atoms with Gasteiger partial charge in [0.1, 0.15) is 5.78 Å². The molecule has 0 unspecified atom stereocenters. The van der Waals surface area contributed by atoms with Gasteiger partial charge in [-0.1, -0.05) is 0 Å². The van der Waals surface area contributed by atoms with Crippen molar-refractivity contribution < 1.29 is 9.00 Å². The van der Waals surface area contributed by atoms with Crippen molar-refractivity contribution in [2.24, 2.45) is 5.41 Å². The first-order valence-electron chi connectivity index (χ1n) is 3.27. The van der Waals surface area contributed by atoms with E-state index in [2.05, 4.69) is 0 Å². The Kier molecular flexibility index (Phi) is 0.915. The molecule has 1 aliphatic heterocycles. The van der Waals surface area contributed by atoms with E-state index in [1.165, 1.54) is 0 Å². The summed E-state index contributed by atoms with van der Waals surface area (Å²) in [5.41, 5.74) is 0.0376. The van der Waals surface area contributed by atoms with Crippen LogP contribution in [0, 0.1) is 10.2 Å². The normalized spacial score (nSPS) is 33.0. The van der Waals surface area contributed by atoms with Gasteiger partial charge in [0, 0.05) is 39.5 Å². The van der Waals surface area contributed by atoms with Crippen molar-refractivity contribution in [1.82, 2.24) is 0 Å². The lowest BCUT2D eigenvalue weighted by Gasteiger charge is -2.48. The van der Waals surface area contributed by atoms with E-state index in [0.29, 0.717) is 24.3 Å². The standard InChI is InChI=1S/C6H9NO2S/c7-10(9)3-6(4-10)1-5(8)2-6/h7H,1-4H2. The van der Waals surface area contributed by atoms with Gasteiger partial charge in [0.25, 0.3) is 0 Å². The topological polar surface area (TPSA) is 58.0 Å². The van der Waals surface area contributed by atoms with E-state index < -0.39 is 9.73 Å². The fraction of sp³-hybridized carbons (Fsp3) is 0.833. The van der Waals surface area contributed by atoms with Crippen LogP contribution in [-0.2, 0) is 14.5 Å². The van der Waals surface area contributed by atoms with Crippen molar-refractivity contribution in [1.29, 1.82) is 4.78 Å². The van der Waals surface area contributed by atoms with Crippen LogP contribution < -0.4 is 0 Å². The molecule has 1 saturated heterocycles. The largest absolute Gasteiger partial charge is 0.300 e. The maximum Gasteiger partial charge on any atom is 0.134 e. The van der Waals surface area contributed by atoms with E-state index in [1.807, 2.05) is 0 Å². The monoisotopic (exact) mass is 159 g/mol. The third kappa shape index (κ3) is 0.714. The highest BCUT2D eigenvalue weighted by Crippen LogP contribution is 2.47. The molecule has 1 spiro atoms. The minimum Gasteiger partial charge on any atom is -0.300 e. The van der Waals surface area contributed by atoms with Crippen molar-refractivity contribution in [2.45, 2.75) is 12.8 Å². The van der Waals surface area contributed by atoms with Crippen molar-refractivity contribution in [3.63, 3.8) is 0 Å². The van der Waals surface area contributed by atoms with Gasteiger partial charge in [-0.25, -0.2) is 4.21 Å². The zero-order valence-corrected chi connectivity index (χ0v) is 6.37. The average molecular weight is 159 g/mol. The first kappa shape index (κ1) is 6.34. The molecule has 2 aliphatic rings. The quantitative estimate of drug-likeness (QED) is 0.556. The highest BCUT2D eigenvalue weighted by molar-refractivity contribution is 7.93. The minimum atomic E-state index is -2.23. The summed E-state index contributed by atoms with van der Waals surface area (Å²) >= 11 is 0. The molecule has 1 aliphatic carbocycles. The maximum absolute atomic E-state index is 10.9. The first-order valence-corrected chi connectivity index (χ1v) is 5.17. The third-order valence-corrected chi connectivity index (χ3v) is 4.38. The van der Waals surface area contributed by atoms with E-state index in [1.54, 1.807) is 0 Å². The maximum atomic E-state index is 10.9. The Morgan fingerprint density at radius 2 is 1.90 bits per heavy atom. The summed E-state index contributed by atoms with van der Waals surface area (Å²) in [4.78, 5) is 10.6. The summed E-state index contributed by atoms with van der Waals surface area (Å²) in [6.07, 6.45) is 1.17. The highest BCUT2D eigenvalue weighted by Gasteiger charge is 2.54. The van der Waals surface area contributed by atoms with E-state index in [9.17, 15) is 9.00 Å². The van der Waals surface area contributed by atoms with E-state index in [4.69, 9.17) is 4.78 Å². The Morgan fingerprint density at radius 3 is 2.20 bits per heavy atom. The summed E-state index contributed by atoms with van der Waals surface area (Å²) in [6.45, 7) is 0. The van der Waals surface area contributed by atoms with Gasteiger partial charge in [0.15, 0.2) is 0 Å². The molecule has 1 saturated carbocycles. The van der Waals surface area contributed by atoms with Gasteiger partial charge < -0.3 is 0 Å². The second kappa shape index (κ2) is 1.44. The Balaban J connectivity index is 2.09. The van der Waals surface area contributed by atoms with Gasteiger partial charge in [-0.15, -0.1) is 0 Å². The van der Waals surface area contributed by atoms with Gasteiger partial charge in [-0.05, 0) is 0 Å². The number of Topliss-reactive ketones (excluding diaryl/α,β-unsaturated/α-hetero) is 1. The average Bonchev–Trinajstić information content (AvgIpc) is 1.55. The fourth-order valence-corrected chi connectivity index (χ4v) is 4.24. The molecule has 4 heteroatoms. The van der Waals surface area contributed by atoms with Crippen LogP contribution >= 0.6 is 0 Å². The lowest BCUT2D eigenvalue weighted by Crippen LogP contribution is -2.56. The molecule has 0 bridgehead atoms. The molecule has 3 nitrogen and oxygen atoms in total. The molecule has 1 N–H and O–H groups in total. The van der Waals surface area contributed by atoms with E-state index in [0.717, 1.165) is 0 Å². The van der Waals surface area contributed by atoms with Crippen molar-refractivity contribution in [2.75, 3.05) is 11.5 Å². The van der Waals surface area contributed by atoms with Crippen molar-refractivity contribution in [3.05, 3.63) is 0 Å². The molecule has 0 amide bonds. The molecule has 1 heterocycles. The molecule has 0 aromatic heterocycles. The molecule has 10 heavy (non-hydrogen) atoms. The van der Waals surface area contributed by atoms with Crippen LogP contribution in [0.25, 0.3) is 0 Å². The van der Waals surface area contributed by atoms with Crippen LogP contribution in [0.2, 0.25) is 0 Å². The second-order valence-electron chi connectivity index (χ2n) is 3.49. The molecule has 0 atom stereocenters.